The molecule has 0 unspecified atom stereocenters. The van der Waals surface area contributed by atoms with Crippen LogP contribution in [0.1, 0.15) is 39.3 Å². The number of aromatic nitrogens is 1. The van der Waals surface area contributed by atoms with E-state index in [2.05, 4.69) is 4.98 Å². The molecule has 0 atom stereocenters. The maximum absolute atomic E-state index is 12.5. The molecule has 0 aliphatic heterocycles. The molecule has 92 valence electrons. The topological polar surface area (TPSA) is 56.0 Å². The van der Waals surface area contributed by atoms with Gasteiger partial charge in [0.2, 0.25) is 5.78 Å². The Bertz CT molecular complexity index is 589. The van der Waals surface area contributed by atoms with Crippen molar-refractivity contribution in [3.05, 3.63) is 46.1 Å². The summed E-state index contributed by atoms with van der Waals surface area (Å²) in [6.07, 6.45) is 6.01. The van der Waals surface area contributed by atoms with E-state index in [1.165, 1.54) is 16.9 Å². The van der Waals surface area contributed by atoms with E-state index < -0.39 is 0 Å². The molecule has 3 rings (SSSR count). The summed E-state index contributed by atoms with van der Waals surface area (Å²) in [5, 5.41) is 0.651. The third-order valence-corrected chi connectivity index (χ3v) is 4.44. The van der Waals surface area contributed by atoms with E-state index in [-0.39, 0.29) is 5.78 Å². The van der Waals surface area contributed by atoms with Crippen molar-refractivity contribution in [2.75, 3.05) is 5.73 Å². The molecular weight excluding hydrogens is 244 g/mol. The van der Waals surface area contributed by atoms with E-state index in [0.717, 1.165) is 19.3 Å². The van der Waals surface area contributed by atoms with Gasteiger partial charge in [-0.1, -0.05) is 6.07 Å². The number of nitrogens with two attached hydrogens (primary N) is 1. The number of rotatable bonds is 2. The van der Waals surface area contributed by atoms with Gasteiger partial charge < -0.3 is 5.73 Å². The molecule has 0 spiro atoms. The van der Waals surface area contributed by atoms with Crippen molar-refractivity contribution < 1.29 is 4.79 Å². The van der Waals surface area contributed by atoms with Gasteiger partial charge >= 0.3 is 0 Å². The molecule has 1 aliphatic carbocycles. The zero-order valence-electron chi connectivity index (χ0n) is 9.98. The van der Waals surface area contributed by atoms with Crippen molar-refractivity contribution in [1.82, 2.24) is 4.98 Å². The first kappa shape index (κ1) is 11.4. The van der Waals surface area contributed by atoms with Gasteiger partial charge in [0.25, 0.3) is 0 Å². The number of nitrogen functional groups attached to an aromatic ring is 1. The van der Waals surface area contributed by atoms with Crippen molar-refractivity contribution in [3.63, 3.8) is 0 Å². The van der Waals surface area contributed by atoms with Crippen molar-refractivity contribution in [3.8, 4) is 0 Å². The molecule has 0 saturated carbocycles. The van der Waals surface area contributed by atoms with E-state index in [4.69, 9.17) is 5.73 Å². The quantitative estimate of drug-likeness (QED) is 0.843. The first-order valence-electron chi connectivity index (χ1n) is 6.13. The molecule has 0 bridgehead atoms. The maximum atomic E-state index is 12.5. The Balaban J connectivity index is 2.07. The Kier molecular flexibility index (Phi) is 2.88. The summed E-state index contributed by atoms with van der Waals surface area (Å²) in [5.41, 5.74) is 8.38. The third kappa shape index (κ3) is 1.82. The summed E-state index contributed by atoms with van der Waals surface area (Å²) in [5.74, 6) is -0.0347. The SMILES string of the molecule is Nc1sc2c(c1C(=O)c1ccccn1)CCCC2. The Morgan fingerprint density at radius 3 is 2.89 bits per heavy atom. The van der Waals surface area contributed by atoms with Gasteiger partial charge in [0.1, 0.15) is 5.69 Å². The van der Waals surface area contributed by atoms with Gasteiger partial charge in [0.15, 0.2) is 0 Å². The minimum absolute atomic E-state index is 0.0347. The predicted molar refractivity (Wildman–Crippen MR) is 73.0 cm³/mol. The summed E-state index contributed by atoms with van der Waals surface area (Å²) in [4.78, 5) is 17.9. The van der Waals surface area contributed by atoms with Gasteiger partial charge in [0, 0.05) is 11.1 Å². The Labute approximate surface area is 110 Å². The molecule has 2 heterocycles. The number of hydrogen-bond donors (Lipinski definition) is 1. The standard InChI is InChI=1S/C14H14N2OS/c15-14-12(9-5-1-2-7-11(9)18-14)13(17)10-6-3-4-8-16-10/h3-4,6,8H,1-2,5,7,15H2. The van der Waals surface area contributed by atoms with Gasteiger partial charge in [-0.05, 0) is 43.4 Å². The second-order valence-corrected chi connectivity index (χ2v) is 5.63. The lowest BCUT2D eigenvalue weighted by Gasteiger charge is -2.11. The van der Waals surface area contributed by atoms with Gasteiger partial charge in [-0.15, -0.1) is 11.3 Å². The third-order valence-electron chi connectivity index (χ3n) is 3.32. The highest BCUT2D eigenvalue weighted by molar-refractivity contribution is 7.16. The molecule has 0 amide bonds. The Morgan fingerprint density at radius 1 is 1.28 bits per heavy atom. The van der Waals surface area contributed by atoms with Gasteiger partial charge in [-0.2, -0.15) is 0 Å². The van der Waals surface area contributed by atoms with Crippen molar-refractivity contribution in [1.29, 1.82) is 0 Å². The van der Waals surface area contributed by atoms with Crippen molar-refractivity contribution >= 4 is 22.1 Å². The van der Waals surface area contributed by atoms with E-state index in [0.29, 0.717) is 16.3 Å². The second kappa shape index (κ2) is 4.53. The second-order valence-electron chi connectivity index (χ2n) is 4.49. The fourth-order valence-electron chi connectivity index (χ4n) is 2.46. The van der Waals surface area contributed by atoms with Crippen molar-refractivity contribution in [2.24, 2.45) is 0 Å². The van der Waals surface area contributed by atoms with Crippen LogP contribution in [0.5, 0.6) is 0 Å². The molecule has 4 heteroatoms. The van der Waals surface area contributed by atoms with Crippen LogP contribution in [-0.4, -0.2) is 10.8 Å². The number of hydrogen-bond acceptors (Lipinski definition) is 4. The van der Waals surface area contributed by atoms with E-state index in [1.54, 1.807) is 23.6 Å². The lowest BCUT2D eigenvalue weighted by Crippen LogP contribution is -2.10. The van der Waals surface area contributed by atoms with E-state index >= 15 is 0 Å². The fraction of sp³-hybridized carbons (Fsp3) is 0.286. The molecule has 0 saturated heterocycles. The smallest absolute Gasteiger partial charge is 0.214 e. The Morgan fingerprint density at radius 2 is 2.11 bits per heavy atom. The highest BCUT2D eigenvalue weighted by Gasteiger charge is 2.25. The molecule has 1 aliphatic rings. The number of pyridine rings is 1. The minimum Gasteiger partial charge on any atom is -0.390 e. The van der Waals surface area contributed by atoms with Crippen LogP contribution in [0.2, 0.25) is 0 Å². The molecular formula is C14H14N2OS. The van der Waals surface area contributed by atoms with Gasteiger partial charge in [-0.25, -0.2) is 0 Å². The van der Waals surface area contributed by atoms with Crippen LogP contribution in [0.25, 0.3) is 0 Å². The van der Waals surface area contributed by atoms with Crippen LogP contribution < -0.4 is 5.73 Å². The maximum Gasteiger partial charge on any atom is 0.214 e. The van der Waals surface area contributed by atoms with E-state index in [1.807, 2.05) is 12.1 Å². The molecule has 2 aromatic rings. The number of aryl methyl sites for hydroxylation is 1. The summed E-state index contributed by atoms with van der Waals surface area (Å²) < 4.78 is 0. The lowest BCUT2D eigenvalue weighted by molar-refractivity contribution is 0.103. The number of carbonyl (C=O) groups is 1. The summed E-state index contributed by atoms with van der Waals surface area (Å²) in [6.45, 7) is 0. The van der Waals surface area contributed by atoms with Gasteiger partial charge in [0.05, 0.1) is 10.6 Å². The normalized spacial score (nSPS) is 14.2. The average Bonchev–Trinajstić information content (AvgIpc) is 2.75. The number of carbonyl (C=O) groups excluding carboxylic acids is 1. The molecule has 3 nitrogen and oxygen atoms in total. The highest BCUT2D eigenvalue weighted by atomic mass is 32.1. The summed E-state index contributed by atoms with van der Waals surface area (Å²) >= 11 is 1.57. The number of fused-ring (bicyclic) bond motifs is 1. The summed E-state index contributed by atoms with van der Waals surface area (Å²) in [6, 6.07) is 5.38. The van der Waals surface area contributed by atoms with Crippen molar-refractivity contribution in [2.45, 2.75) is 25.7 Å². The zero-order valence-corrected chi connectivity index (χ0v) is 10.8. The van der Waals surface area contributed by atoms with Crippen LogP contribution in [0.15, 0.2) is 24.4 Å². The lowest BCUT2D eigenvalue weighted by atomic mass is 9.93. The monoisotopic (exact) mass is 258 g/mol. The first-order chi connectivity index (χ1) is 8.77. The number of anilines is 1. The molecule has 0 fully saturated rings. The van der Waals surface area contributed by atoms with Crippen LogP contribution in [-0.2, 0) is 12.8 Å². The fourth-order valence-corrected chi connectivity index (χ4v) is 3.62. The molecule has 2 aromatic heterocycles. The number of thiophene rings is 1. The predicted octanol–water partition coefficient (Wildman–Crippen LogP) is 2.84. The zero-order chi connectivity index (χ0) is 12.5. The van der Waals surface area contributed by atoms with Crippen LogP contribution in [0, 0.1) is 0 Å². The molecule has 0 aromatic carbocycles. The van der Waals surface area contributed by atoms with Crippen LogP contribution in [0.3, 0.4) is 0 Å². The first-order valence-corrected chi connectivity index (χ1v) is 6.95. The van der Waals surface area contributed by atoms with Gasteiger partial charge in [-0.3, -0.25) is 9.78 Å². The molecule has 2 N–H and O–H groups in total. The largest absolute Gasteiger partial charge is 0.390 e. The van der Waals surface area contributed by atoms with Crippen LogP contribution >= 0.6 is 11.3 Å². The number of nitrogens with zero attached hydrogens (tertiary/aromatic N) is 1. The number of ketones is 1. The van der Waals surface area contributed by atoms with E-state index in [9.17, 15) is 4.79 Å². The molecule has 18 heavy (non-hydrogen) atoms. The average molecular weight is 258 g/mol. The minimum atomic E-state index is -0.0347. The highest BCUT2D eigenvalue weighted by Crippen LogP contribution is 2.37. The Hall–Kier alpha value is -1.68. The molecule has 0 radical (unpaired) electrons. The van der Waals surface area contributed by atoms with Crippen LogP contribution in [0.4, 0.5) is 5.00 Å². The summed E-state index contributed by atoms with van der Waals surface area (Å²) in [7, 11) is 0.